The van der Waals surface area contributed by atoms with Crippen LogP contribution in [0, 0.1) is 0 Å². The number of nitrogens with zero attached hydrogens (tertiary/aromatic N) is 1. The van der Waals surface area contributed by atoms with E-state index in [1.54, 1.807) is 17.9 Å². The van der Waals surface area contributed by atoms with Gasteiger partial charge in [0.1, 0.15) is 0 Å². The number of fused-ring (bicyclic) bond motifs is 1. The van der Waals surface area contributed by atoms with Crippen LogP contribution in [0.3, 0.4) is 0 Å². The Labute approximate surface area is 151 Å². The van der Waals surface area contributed by atoms with Crippen molar-refractivity contribution in [2.45, 2.75) is 19.8 Å². The van der Waals surface area contributed by atoms with Gasteiger partial charge in [-0.2, -0.15) is 0 Å². The fourth-order valence-corrected chi connectivity index (χ4v) is 3.46. The van der Waals surface area contributed by atoms with Crippen LogP contribution in [0.5, 0.6) is 11.5 Å². The number of amides is 1. The Kier molecular flexibility index (Phi) is 5.08. The molecule has 0 saturated carbocycles. The van der Waals surface area contributed by atoms with Crippen molar-refractivity contribution in [3.63, 3.8) is 0 Å². The van der Waals surface area contributed by atoms with E-state index >= 15 is 0 Å². The second-order valence-corrected chi connectivity index (χ2v) is 6.36. The summed E-state index contributed by atoms with van der Waals surface area (Å²) in [6.07, 6.45) is 0.523. The van der Waals surface area contributed by atoms with Gasteiger partial charge in [0.2, 0.25) is 5.91 Å². The van der Waals surface area contributed by atoms with Gasteiger partial charge in [-0.3, -0.25) is 14.4 Å². The smallest absolute Gasteiger partial charge is 0.227 e. The van der Waals surface area contributed by atoms with Crippen LogP contribution in [-0.4, -0.2) is 61.4 Å². The van der Waals surface area contributed by atoms with Crippen LogP contribution in [0.15, 0.2) is 11.6 Å². The molecular formula is C19H21NO6. The minimum atomic E-state index is -0.269. The van der Waals surface area contributed by atoms with Crippen molar-refractivity contribution >= 4 is 23.5 Å². The van der Waals surface area contributed by atoms with Crippen molar-refractivity contribution in [3.05, 3.63) is 28.3 Å². The molecule has 1 aromatic rings. The molecule has 1 fully saturated rings. The summed E-state index contributed by atoms with van der Waals surface area (Å²) in [5, 5.41) is 10.1. The molecule has 7 heteroatoms. The number of carbonyl (C=O) groups is 3. The summed E-state index contributed by atoms with van der Waals surface area (Å²) >= 11 is 0. The maximum absolute atomic E-state index is 12.6. The minimum Gasteiger partial charge on any atom is -0.504 e. The third kappa shape index (κ3) is 3.10. The zero-order valence-corrected chi connectivity index (χ0v) is 14.8. The summed E-state index contributed by atoms with van der Waals surface area (Å²) in [5.74, 6) is -0.418. The number of benzene rings is 1. The zero-order chi connectivity index (χ0) is 18.8. The monoisotopic (exact) mass is 359 g/mol. The Balaban J connectivity index is 2.00. The highest BCUT2D eigenvalue weighted by Gasteiger charge is 2.30. The second kappa shape index (κ2) is 7.29. The van der Waals surface area contributed by atoms with Gasteiger partial charge in [0, 0.05) is 25.1 Å². The third-order valence-electron chi connectivity index (χ3n) is 4.97. The first kappa shape index (κ1) is 18.1. The lowest BCUT2D eigenvalue weighted by molar-refractivity contribution is -0.135. The maximum Gasteiger partial charge on any atom is 0.227 e. The average molecular weight is 359 g/mol. The Morgan fingerprint density at radius 2 is 2.08 bits per heavy atom. The summed E-state index contributed by atoms with van der Waals surface area (Å²) in [6.45, 7) is 3.79. The zero-order valence-electron chi connectivity index (χ0n) is 14.8. The van der Waals surface area contributed by atoms with Gasteiger partial charge in [0.15, 0.2) is 23.6 Å². The van der Waals surface area contributed by atoms with E-state index in [9.17, 15) is 19.5 Å². The van der Waals surface area contributed by atoms with E-state index in [1.165, 1.54) is 7.11 Å². The molecule has 0 bridgehead atoms. The van der Waals surface area contributed by atoms with E-state index in [-0.39, 0.29) is 41.6 Å². The summed E-state index contributed by atoms with van der Waals surface area (Å²) in [5.41, 5.74) is 2.28. The number of morpholine rings is 1. The topological polar surface area (TPSA) is 93.1 Å². The predicted molar refractivity (Wildman–Crippen MR) is 93.4 cm³/mol. The number of hydrogen-bond acceptors (Lipinski definition) is 6. The molecule has 138 valence electrons. The molecule has 1 amide bonds. The van der Waals surface area contributed by atoms with Gasteiger partial charge in [0.25, 0.3) is 0 Å². The van der Waals surface area contributed by atoms with Crippen LogP contribution < -0.4 is 4.74 Å². The number of rotatable bonds is 4. The van der Waals surface area contributed by atoms with Crippen LogP contribution in [0.25, 0.3) is 5.57 Å². The number of hydrogen-bond donors (Lipinski definition) is 1. The van der Waals surface area contributed by atoms with Gasteiger partial charge in [-0.1, -0.05) is 0 Å². The summed E-state index contributed by atoms with van der Waals surface area (Å²) < 4.78 is 10.4. The van der Waals surface area contributed by atoms with Gasteiger partial charge >= 0.3 is 0 Å². The minimum absolute atomic E-state index is 0.0176. The normalized spacial score (nSPS) is 17.2. The number of phenolic OH excluding ortho intramolecular Hbond substituents is 1. The largest absolute Gasteiger partial charge is 0.504 e. The number of carbonyl (C=O) groups excluding carboxylic acids is 3. The van der Waals surface area contributed by atoms with Crippen molar-refractivity contribution in [3.8, 4) is 11.5 Å². The van der Waals surface area contributed by atoms with Gasteiger partial charge in [-0.15, -0.1) is 0 Å². The molecule has 0 radical (unpaired) electrons. The van der Waals surface area contributed by atoms with Gasteiger partial charge < -0.3 is 19.5 Å². The van der Waals surface area contributed by atoms with E-state index < -0.39 is 0 Å². The Morgan fingerprint density at radius 1 is 1.38 bits per heavy atom. The number of ether oxygens (including phenoxy) is 2. The van der Waals surface area contributed by atoms with Crippen molar-refractivity contribution < 1.29 is 29.0 Å². The summed E-state index contributed by atoms with van der Waals surface area (Å²) in [7, 11) is 1.39. The lowest BCUT2D eigenvalue weighted by atomic mass is 9.81. The number of aromatic hydroxyl groups is 1. The van der Waals surface area contributed by atoms with Crippen LogP contribution in [0.2, 0.25) is 0 Å². The highest BCUT2D eigenvalue weighted by Crippen LogP contribution is 2.41. The number of Topliss-reactive ketones (excluding diaryl/α,β-unsaturated/α-hetero) is 1. The molecule has 0 unspecified atom stereocenters. The number of ketones is 1. The van der Waals surface area contributed by atoms with E-state index in [2.05, 4.69) is 0 Å². The Hall–Kier alpha value is -2.67. The highest BCUT2D eigenvalue weighted by atomic mass is 16.5. The molecule has 1 aliphatic heterocycles. The molecular weight excluding hydrogens is 338 g/mol. The first-order chi connectivity index (χ1) is 12.5. The Morgan fingerprint density at radius 3 is 2.69 bits per heavy atom. The molecule has 2 aliphatic rings. The lowest BCUT2D eigenvalue weighted by Crippen LogP contribution is -2.41. The van der Waals surface area contributed by atoms with Crippen molar-refractivity contribution in [1.29, 1.82) is 0 Å². The number of phenols is 1. The van der Waals surface area contributed by atoms with Crippen molar-refractivity contribution in [2.75, 3.05) is 33.4 Å². The van der Waals surface area contributed by atoms with Crippen molar-refractivity contribution in [1.82, 2.24) is 4.90 Å². The number of aldehydes is 1. The van der Waals surface area contributed by atoms with Gasteiger partial charge in [-0.05, 0) is 29.7 Å². The molecule has 1 aliphatic carbocycles. The SMILES string of the molecule is COc1cc2c(c(C=O)c1O)CC(=O)C(CC(=O)N1CCOCC1)=C2C. The van der Waals surface area contributed by atoms with E-state index in [1.807, 2.05) is 0 Å². The summed E-state index contributed by atoms with van der Waals surface area (Å²) in [4.78, 5) is 38.3. The predicted octanol–water partition coefficient (Wildman–Crippen LogP) is 1.36. The van der Waals surface area contributed by atoms with E-state index in [0.29, 0.717) is 54.9 Å². The lowest BCUT2D eigenvalue weighted by Gasteiger charge is -2.28. The molecule has 1 aromatic carbocycles. The molecule has 0 aromatic heterocycles. The van der Waals surface area contributed by atoms with Crippen LogP contribution in [0.1, 0.15) is 34.8 Å². The van der Waals surface area contributed by atoms with E-state index in [0.717, 1.165) is 0 Å². The molecule has 1 heterocycles. The second-order valence-electron chi connectivity index (χ2n) is 6.36. The molecule has 1 N–H and O–H groups in total. The van der Waals surface area contributed by atoms with Crippen LogP contribution in [0.4, 0.5) is 0 Å². The first-order valence-corrected chi connectivity index (χ1v) is 8.44. The molecule has 7 nitrogen and oxygen atoms in total. The molecule has 3 rings (SSSR count). The van der Waals surface area contributed by atoms with Gasteiger partial charge in [-0.25, -0.2) is 0 Å². The quantitative estimate of drug-likeness (QED) is 0.816. The maximum atomic E-state index is 12.6. The van der Waals surface area contributed by atoms with E-state index in [4.69, 9.17) is 9.47 Å². The Bertz CT molecular complexity index is 805. The fraction of sp³-hybridized carbons (Fsp3) is 0.421. The van der Waals surface area contributed by atoms with Crippen LogP contribution >= 0.6 is 0 Å². The standard InChI is InChI=1S/C19H21NO6/c1-11-12-8-17(25-2)19(24)15(10-21)14(12)7-16(22)13(11)9-18(23)20-3-5-26-6-4-20/h8,10,24H,3-7,9H2,1-2H3. The molecule has 1 saturated heterocycles. The third-order valence-corrected chi connectivity index (χ3v) is 4.97. The highest BCUT2D eigenvalue weighted by molar-refractivity contribution is 6.11. The molecule has 26 heavy (non-hydrogen) atoms. The summed E-state index contributed by atoms with van der Waals surface area (Å²) in [6, 6.07) is 1.61. The molecule has 0 spiro atoms. The average Bonchev–Trinajstić information content (AvgIpc) is 2.65. The first-order valence-electron chi connectivity index (χ1n) is 8.44. The number of methoxy groups -OCH3 is 1. The van der Waals surface area contributed by atoms with Gasteiger partial charge in [0.05, 0.1) is 32.3 Å². The molecule has 0 atom stereocenters. The van der Waals surface area contributed by atoms with Crippen molar-refractivity contribution in [2.24, 2.45) is 0 Å². The number of allylic oxidation sites excluding steroid dienone is 1. The van der Waals surface area contributed by atoms with Crippen LogP contribution in [-0.2, 0) is 20.7 Å². The fourth-order valence-electron chi connectivity index (χ4n) is 3.46.